The van der Waals surface area contributed by atoms with Crippen molar-refractivity contribution in [1.29, 1.82) is 0 Å². The third-order valence-electron chi connectivity index (χ3n) is 1.84. The van der Waals surface area contributed by atoms with Gasteiger partial charge in [0.2, 0.25) is 0 Å². The van der Waals surface area contributed by atoms with Gasteiger partial charge in [0, 0.05) is 6.54 Å². The number of hydrogen-bond acceptors (Lipinski definition) is 4. The number of nitro groups is 1. The van der Waals surface area contributed by atoms with Crippen molar-refractivity contribution in [2.45, 2.75) is 18.6 Å². The Bertz CT molecular complexity index is 203. The third kappa shape index (κ3) is 2.20. The highest BCUT2D eigenvalue weighted by Crippen LogP contribution is 2.18. The van der Waals surface area contributed by atoms with Crippen LogP contribution >= 0.6 is 11.6 Å². The highest BCUT2D eigenvalue weighted by molar-refractivity contribution is 6.23. The fourth-order valence-corrected chi connectivity index (χ4v) is 1.55. The molecule has 1 aliphatic rings. The van der Waals surface area contributed by atoms with Gasteiger partial charge in [-0.25, -0.2) is 10.1 Å². The van der Waals surface area contributed by atoms with E-state index in [1.807, 2.05) is 6.92 Å². The number of halogens is 1. The lowest BCUT2D eigenvalue weighted by Crippen LogP contribution is -2.59. The summed E-state index contributed by atoms with van der Waals surface area (Å²) in [5.74, 6) is 0. The zero-order chi connectivity index (χ0) is 9.90. The second-order valence-electron chi connectivity index (χ2n) is 2.84. The molecule has 6 nitrogen and oxygen atoms in total. The number of hydrogen-bond donors (Lipinski definition) is 2. The Morgan fingerprint density at radius 1 is 1.85 bits per heavy atom. The number of alkyl halides is 1. The van der Waals surface area contributed by atoms with Gasteiger partial charge in [-0.15, -0.1) is 0 Å². The topological polar surface area (TPSA) is 70.4 Å². The highest BCUT2D eigenvalue weighted by atomic mass is 35.5. The van der Waals surface area contributed by atoms with Gasteiger partial charge in [0.05, 0.1) is 6.54 Å². The molecule has 0 saturated carbocycles. The van der Waals surface area contributed by atoms with Crippen LogP contribution in [0.2, 0.25) is 0 Å². The Morgan fingerprint density at radius 3 is 3.08 bits per heavy atom. The summed E-state index contributed by atoms with van der Waals surface area (Å²) in [5.41, 5.74) is 0. The van der Waals surface area contributed by atoms with Gasteiger partial charge in [-0.1, -0.05) is 23.5 Å². The second-order valence-corrected chi connectivity index (χ2v) is 3.38. The fraction of sp³-hybridized carbons (Fsp3) is 1.00. The Morgan fingerprint density at radius 2 is 2.54 bits per heavy atom. The molecular formula is C6H13ClN4O2. The van der Waals surface area contributed by atoms with Crippen LogP contribution in [0, 0.1) is 10.1 Å². The molecule has 1 unspecified atom stereocenters. The molecule has 13 heavy (non-hydrogen) atoms. The summed E-state index contributed by atoms with van der Waals surface area (Å²) in [6, 6.07) is 0. The lowest BCUT2D eigenvalue weighted by molar-refractivity contribution is -0.665. The number of nitrogens with zero attached hydrogens (tertiary/aromatic N) is 2. The minimum atomic E-state index is -1.21. The minimum absolute atomic E-state index is 0.313. The first-order valence-corrected chi connectivity index (χ1v) is 4.59. The summed E-state index contributed by atoms with van der Waals surface area (Å²) in [6.07, 6.45) is 0.877. The van der Waals surface area contributed by atoms with E-state index in [1.54, 1.807) is 0 Å². The summed E-state index contributed by atoms with van der Waals surface area (Å²) in [6.45, 7) is 3.44. The molecule has 1 fully saturated rings. The molecule has 1 heterocycles. The van der Waals surface area contributed by atoms with E-state index in [0.717, 1.165) is 11.4 Å². The average molecular weight is 209 g/mol. The van der Waals surface area contributed by atoms with E-state index in [2.05, 4.69) is 10.6 Å². The molecule has 0 spiro atoms. The fourth-order valence-electron chi connectivity index (χ4n) is 1.21. The predicted molar refractivity (Wildman–Crippen MR) is 48.6 cm³/mol. The van der Waals surface area contributed by atoms with E-state index in [4.69, 9.17) is 11.6 Å². The van der Waals surface area contributed by atoms with Crippen LogP contribution < -0.4 is 10.6 Å². The van der Waals surface area contributed by atoms with Crippen LogP contribution in [-0.4, -0.2) is 34.9 Å². The second kappa shape index (κ2) is 4.08. The SMILES string of the molecule is CCCNC1(Cl)NCCN1[N+](=O)[O-]. The number of hydrazine groups is 1. The molecular weight excluding hydrogens is 196 g/mol. The molecule has 76 valence electrons. The maximum atomic E-state index is 10.5. The standard InChI is InChI=1S/C6H13ClN4O2/c1-2-3-8-6(7)9-4-5-10(6)11(12)13/h8-9H,2-5H2,1H3. The van der Waals surface area contributed by atoms with Crippen molar-refractivity contribution < 1.29 is 5.03 Å². The van der Waals surface area contributed by atoms with E-state index in [0.29, 0.717) is 19.6 Å². The molecule has 1 atom stereocenters. The first-order valence-electron chi connectivity index (χ1n) is 4.21. The summed E-state index contributed by atoms with van der Waals surface area (Å²) < 4.78 is 0. The maximum absolute atomic E-state index is 10.5. The predicted octanol–water partition coefficient (Wildman–Crippen LogP) is -0.0670. The van der Waals surface area contributed by atoms with Crippen molar-refractivity contribution in [3.8, 4) is 0 Å². The Hall–Kier alpha value is -0.590. The van der Waals surface area contributed by atoms with Crippen LogP contribution in [0.3, 0.4) is 0 Å². The molecule has 0 radical (unpaired) electrons. The Balaban J connectivity index is 2.58. The van der Waals surface area contributed by atoms with E-state index in [-0.39, 0.29) is 0 Å². The van der Waals surface area contributed by atoms with Gasteiger partial charge in [0.25, 0.3) is 5.25 Å². The smallest absolute Gasteiger partial charge is 0.264 e. The lowest BCUT2D eigenvalue weighted by Gasteiger charge is -2.26. The van der Waals surface area contributed by atoms with Crippen molar-refractivity contribution in [1.82, 2.24) is 15.6 Å². The zero-order valence-electron chi connectivity index (χ0n) is 7.42. The van der Waals surface area contributed by atoms with Gasteiger partial charge >= 0.3 is 0 Å². The van der Waals surface area contributed by atoms with Gasteiger partial charge in [0.1, 0.15) is 0 Å². The first kappa shape index (κ1) is 10.5. The Kier molecular flexibility index (Phi) is 3.29. The van der Waals surface area contributed by atoms with Gasteiger partial charge in [-0.3, -0.25) is 10.6 Å². The molecule has 7 heteroatoms. The van der Waals surface area contributed by atoms with E-state index in [9.17, 15) is 10.1 Å². The molecule has 1 aliphatic heterocycles. The van der Waals surface area contributed by atoms with Gasteiger partial charge in [-0.05, 0) is 13.0 Å². The largest absolute Gasteiger partial charge is 0.281 e. The maximum Gasteiger partial charge on any atom is 0.281 e. The lowest BCUT2D eigenvalue weighted by atomic mass is 10.5. The van der Waals surface area contributed by atoms with Crippen LogP contribution in [0.25, 0.3) is 0 Å². The van der Waals surface area contributed by atoms with Crippen LogP contribution in [0.15, 0.2) is 0 Å². The van der Waals surface area contributed by atoms with Gasteiger partial charge in [-0.2, -0.15) is 0 Å². The number of rotatable bonds is 4. The normalized spacial score (nSPS) is 28.0. The van der Waals surface area contributed by atoms with E-state index < -0.39 is 10.3 Å². The average Bonchev–Trinajstić information content (AvgIpc) is 2.44. The van der Waals surface area contributed by atoms with Crippen molar-refractivity contribution in [2.75, 3.05) is 19.6 Å². The number of nitrogens with one attached hydrogen (secondary N) is 2. The van der Waals surface area contributed by atoms with Crippen molar-refractivity contribution in [3.63, 3.8) is 0 Å². The van der Waals surface area contributed by atoms with Gasteiger partial charge < -0.3 is 0 Å². The van der Waals surface area contributed by atoms with E-state index in [1.165, 1.54) is 0 Å². The van der Waals surface area contributed by atoms with Gasteiger partial charge in [0.15, 0.2) is 5.03 Å². The Labute approximate surface area is 81.3 Å². The van der Waals surface area contributed by atoms with Crippen LogP contribution in [-0.2, 0) is 0 Å². The molecule has 1 rings (SSSR count). The molecule has 0 bridgehead atoms. The first-order chi connectivity index (χ1) is 6.10. The quantitative estimate of drug-likeness (QED) is 0.293. The summed E-state index contributed by atoms with van der Waals surface area (Å²) >= 11 is 5.97. The minimum Gasteiger partial charge on any atom is -0.264 e. The molecule has 0 aromatic heterocycles. The van der Waals surface area contributed by atoms with Crippen LogP contribution in [0.1, 0.15) is 13.3 Å². The zero-order valence-corrected chi connectivity index (χ0v) is 8.17. The highest BCUT2D eigenvalue weighted by Gasteiger charge is 2.45. The summed E-state index contributed by atoms with van der Waals surface area (Å²) in [5, 5.41) is 15.5. The third-order valence-corrected chi connectivity index (χ3v) is 2.31. The molecule has 0 aromatic carbocycles. The molecule has 1 saturated heterocycles. The van der Waals surface area contributed by atoms with Crippen molar-refractivity contribution in [2.24, 2.45) is 0 Å². The monoisotopic (exact) mass is 208 g/mol. The van der Waals surface area contributed by atoms with Crippen LogP contribution in [0.4, 0.5) is 0 Å². The van der Waals surface area contributed by atoms with Crippen LogP contribution in [0.5, 0.6) is 0 Å². The molecule has 0 aliphatic carbocycles. The summed E-state index contributed by atoms with van der Waals surface area (Å²) in [7, 11) is 0. The summed E-state index contributed by atoms with van der Waals surface area (Å²) in [4.78, 5) is 10.5. The van der Waals surface area contributed by atoms with E-state index >= 15 is 0 Å². The molecule has 0 amide bonds. The molecule has 2 N–H and O–H groups in total. The van der Waals surface area contributed by atoms with Crippen molar-refractivity contribution in [3.05, 3.63) is 10.1 Å². The van der Waals surface area contributed by atoms with Crippen molar-refractivity contribution >= 4 is 11.6 Å². The molecule has 0 aromatic rings.